The first-order valence-electron chi connectivity index (χ1n) is 3.54. The second-order valence-electron chi connectivity index (χ2n) is 2.51. The summed E-state index contributed by atoms with van der Waals surface area (Å²) < 4.78 is 41.3. The molecule has 0 aliphatic carbocycles. The molecule has 0 radical (unpaired) electrons. The van der Waals surface area contributed by atoms with Gasteiger partial charge in [0.15, 0.2) is 0 Å². The minimum absolute atomic E-state index is 0.382. The molecule has 0 spiro atoms. The van der Waals surface area contributed by atoms with Crippen molar-refractivity contribution >= 4 is 0 Å². The highest BCUT2D eigenvalue weighted by Crippen LogP contribution is 2.34. The zero-order valence-corrected chi connectivity index (χ0v) is 7.14. The minimum atomic E-state index is -4.41. The first-order valence-corrected chi connectivity index (χ1v) is 3.54. The molecule has 2 nitrogen and oxygen atoms in total. The number of hydrogen-bond donors (Lipinski definition) is 0. The Morgan fingerprint density at radius 2 is 1.92 bits per heavy atom. The maximum absolute atomic E-state index is 12.2. The first kappa shape index (κ1) is 9.83. The highest BCUT2D eigenvalue weighted by Gasteiger charge is 2.34. The van der Waals surface area contributed by atoms with E-state index >= 15 is 0 Å². The topological polar surface area (TPSA) is 22.1 Å². The summed E-state index contributed by atoms with van der Waals surface area (Å²) in [4.78, 5) is 3.62. The number of hydrogen-bond acceptors (Lipinski definition) is 2. The van der Waals surface area contributed by atoms with Gasteiger partial charge in [-0.2, -0.15) is 13.2 Å². The lowest BCUT2D eigenvalue weighted by Crippen LogP contribution is -2.08. The van der Waals surface area contributed by atoms with E-state index < -0.39 is 11.7 Å². The summed E-state index contributed by atoms with van der Waals surface area (Å²) in [5.74, 6) is -0.382. The fourth-order valence-corrected chi connectivity index (χ4v) is 0.904. The monoisotopic (exact) mass is 191 g/mol. The summed E-state index contributed by atoms with van der Waals surface area (Å²) >= 11 is 0. The highest BCUT2D eigenvalue weighted by atomic mass is 19.4. The summed E-state index contributed by atoms with van der Waals surface area (Å²) in [7, 11) is 1.16. The number of pyridine rings is 1. The predicted molar refractivity (Wildman–Crippen MR) is 40.5 cm³/mol. The SMILES string of the molecule is COc1nc(C)ccc1C(F)(F)F. The molecule has 0 atom stereocenters. The molecule has 0 aliphatic heterocycles. The van der Waals surface area contributed by atoms with E-state index in [9.17, 15) is 13.2 Å². The lowest BCUT2D eigenvalue weighted by Gasteiger charge is -2.10. The Morgan fingerprint density at radius 3 is 2.38 bits per heavy atom. The molecule has 0 bridgehead atoms. The van der Waals surface area contributed by atoms with E-state index in [2.05, 4.69) is 9.72 Å². The number of aromatic nitrogens is 1. The van der Waals surface area contributed by atoms with E-state index in [-0.39, 0.29) is 5.88 Å². The zero-order chi connectivity index (χ0) is 10.1. The van der Waals surface area contributed by atoms with Gasteiger partial charge < -0.3 is 4.74 Å². The highest BCUT2D eigenvalue weighted by molar-refractivity contribution is 5.30. The van der Waals surface area contributed by atoms with Crippen molar-refractivity contribution in [3.8, 4) is 5.88 Å². The Labute approximate surface area is 73.4 Å². The van der Waals surface area contributed by atoms with Crippen LogP contribution in [0.3, 0.4) is 0 Å². The van der Waals surface area contributed by atoms with Crippen LogP contribution in [0.5, 0.6) is 5.88 Å². The number of methoxy groups -OCH3 is 1. The first-order chi connectivity index (χ1) is 5.95. The molecule has 0 aromatic carbocycles. The van der Waals surface area contributed by atoms with E-state index in [1.165, 1.54) is 6.07 Å². The summed E-state index contributed by atoms with van der Waals surface area (Å²) in [6, 6.07) is 2.26. The molecule has 1 heterocycles. The molecule has 0 saturated carbocycles. The molecular weight excluding hydrogens is 183 g/mol. The van der Waals surface area contributed by atoms with Crippen molar-refractivity contribution in [2.24, 2.45) is 0 Å². The van der Waals surface area contributed by atoms with Crippen LogP contribution in [-0.2, 0) is 6.18 Å². The van der Waals surface area contributed by atoms with E-state index in [0.717, 1.165) is 13.2 Å². The van der Waals surface area contributed by atoms with Gasteiger partial charge in [0, 0.05) is 5.69 Å². The van der Waals surface area contributed by atoms with Crippen LogP contribution in [0.25, 0.3) is 0 Å². The summed E-state index contributed by atoms with van der Waals surface area (Å²) in [6.45, 7) is 1.60. The second-order valence-corrected chi connectivity index (χ2v) is 2.51. The van der Waals surface area contributed by atoms with Gasteiger partial charge in [0.25, 0.3) is 0 Å². The van der Waals surface area contributed by atoms with Crippen LogP contribution in [0.4, 0.5) is 13.2 Å². The summed E-state index contributed by atoms with van der Waals surface area (Å²) in [5.41, 5.74) is -0.356. The Hall–Kier alpha value is -1.26. The van der Waals surface area contributed by atoms with Gasteiger partial charge in [-0.25, -0.2) is 4.98 Å². The van der Waals surface area contributed by atoms with E-state index in [4.69, 9.17) is 0 Å². The molecule has 0 unspecified atom stereocenters. The number of aryl methyl sites for hydroxylation is 1. The maximum atomic E-state index is 12.2. The van der Waals surface area contributed by atoms with Crippen molar-refractivity contribution in [2.75, 3.05) is 7.11 Å². The van der Waals surface area contributed by atoms with Gasteiger partial charge in [0.05, 0.1) is 7.11 Å². The van der Waals surface area contributed by atoms with Crippen LogP contribution in [0.2, 0.25) is 0 Å². The molecular formula is C8H8F3NO. The summed E-state index contributed by atoms with van der Waals surface area (Å²) in [6.07, 6.45) is -4.41. The second kappa shape index (κ2) is 3.24. The van der Waals surface area contributed by atoms with Crippen molar-refractivity contribution in [3.05, 3.63) is 23.4 Å². The van der Waals surface area contributed by atoms with E-state index in [0.29, 0.717) is 5.69 Å². The molecule has 1 aromatic heterocycles. The Bertz CT molecular complexity index is 309. The average Bonchev–Trinajstić information content (AvgIpc) is 2.01. The van der Waals surface area contributed by atoms with Gasteiger partial charge in [0.2, 0.25) is 5.88 Å². The number of ether oxygens (including phenoxy) is 1. The number of halogens is 3. The Morgan fingerprint density at radius 1 is 1.31 bits per heavy atom. The Kier molecular flexibility index (Phi) is 2.45. The number of nitrogens with zero attached hydrogens (tertiary/aromatic N) is 1. The molecule has 5 heteroatoms. The summed E-state index contributed by atoms with van der Waals surface area (Å²) in [5, 5.41) is 0. The van der Waals surface area contributed by atoms with Crippen molar-refractivity contribution in [2.45, 2.75) is 13.1 Å². The van der Waals surface area contributed by atoms with Crippen LogP contribution in [0.1, 0.15) is 11.3 Å². The van der Waals surface area contributed by atoms with Crippen molar-refractivity contribution in [3.63, 3.8) is 0 Å². The van der Waals surface area contributed by atoms with Gasteiger partial charge in [-0.1, -0.05) is 0 Å². The van der Waals surface area contributed by atoms with Gasteiger partial charge >= 0.3 is 6.18 Å². The van der Waals surface area contributed by atoms with Gasteiger partial charge in [-0.15, -0.1) is 0 Å². The molecule has 0 amide bonds. The predicted octanol–water partition coefficient (Wildman–Crippen LogP) is 2.42. The molecule has 0 aliphatic rings. The zero-order valence-electron chi connectivity index (χ0n) is 7.14. The molecule has 0 fully saturated rings. The third-order valence-electron chi connectivity index (χ3n) is 1.50. The van der Waals surface area contributed by atoms with Crippen LogP contribution in [0, 0.1) is 6.92 Å². The van der Waals surface area contributed by atoms with Gasteiger partial charge in [-0.05, 0) is 19.1 Å². The molecule has 1 rings (SSSR count). The molecule has 13 heavy (non-hydrogen) atoms. The minimum Gasteiger partial charge on any atom is -0.481 e. The lowest BCUT2D eigenvalue weighted by atomic mass is 10.2. The molecule has 0 N–H and O–H groups in total. The van der Waals surface area contributed by atoms with Gasteiger partial charge in [-0.3, -0.25) is 0 Å². The van der Waals surface area contributed by atoms with E-state index in [1.54, 1.807) is 6.92 Å². The number of alkyl halides is 3. The molecule has 1 aromatic rings. The van der Waals surface area contributed by atoms with Crippen molar-refractivity contribution in [1.82, 2.24) is 4.98 Å². The third-order valence-corrected chi connectivity index (χ3v) is 1.50. The maximum Gasteiger partial charge on any atom is 0.421 e. The fourth-order valence-electron chi connectivity index (χ4n) is 0.904. The third kappa shape index (κ3) is 2.11. The Balaban J connectivity index is 3.22. The quantitative estimate of drug-likeness (QED) is 0.680. The standard InChI is InChI=1S/C8H8F3NO/c1-5-3-4-6(8(9,10)11)7(12-5)13-2/h3-4H,1-2H3. The van der Waals surface area contributed by atoms with Crippen LogP contribution in [0.15, 0.2) is 12.1 Å². The van der Waals surface area contributed by atoms with E-state index in [1.807, 2.05) is 0 Å². The van der Waals surface area contributed by atoms with Gasteiger partial charge in [0.1, 0.15) is 5.56 Å². The smallest absolute Gasteiger partial charge is 0.421 e. The lowest BCUT2D eigenvalue weighted by molar-refractivity contribution is -0.139. The fraction of sp³-hybridized carbons (Fsp3) is 0.375. The molecule has 0 saturated heterocycles. The normalized spacial score (nSPS) is 11.5. The average molecular weight is 191 g/mol. The van der Waals surface area contributed by atoms with Crippen molar-refractivity contribution in [1.29, 1.82) is 0 Å². The molecule has 72 valence electrons. The van der Waals surface area contributed by atoms with Crippen LogP contribution < -0.4 is 4.74 Å². The number of rotatable bonds is 1. The largest absolute Gasteiger partial charge is 0.481 e. The van der Waals surface area contributed by atoms with Crippen molar-refractivity contribution < 1.29 is 17.9 Å². The van der Waals surface area contributed by atoms with Crippen LogP contribution >= 0.6 is 0 Å². The van der Waals surface area contributed by atoms with Crippen LogP contribution in [-0.4, -0.2) is 12.1 Å².